The van der Waals surface area contributed by atoms with Gasteiger partial charge >= 0.3 is 5.69 Å². The maximum absolute atomic E-state index is 13.4. The molecular formula is C14H10FN3O6. The van der Waals surface area contributed by atoms with E-state index in [2.05, 4.69) is 5.32 Å². The molecule has 2 aromatic carbocycles. The average molecular weight is 335 g/mol. The van der Waals surface area contributed by atoms with Crippen LogP contribution in [0.4, 0.5) is 21.5 Å². The van der Waals surface area contributed by atoms with E-state index in [1.165, 1.54) is 24.3 Å². The van der Waals surface area contributed by atoms with Gasteiger partial charge in [0.2, 0.25) is 5.82 Å². The number of halogens is 1. The molecule has 2 rings (SSSR count). The van der Waals surface area contributed by atoms with Crippen LogP contribution in [0.25, 0.3) is 0 Å². The quantitative estimate of drug-likeness (QED) is 0.639. The van der Waals surface area contributed by atoms with Crippen molar-refractivity contribution in [3.8, 4) is 5.75 Å². The number of benzene rings is 2. The van der Waals surface area contributed by atoms with Crippen LogP contribution < -0.4 is 10.1 Å². The highest BCUT2D eigenvalue weighted by Gasteiger charge is 2.15. The predicted molar refractivity (Wildman–Crippen MR) is 80.3 cm³/mol. The van der Waals surface area contributed by atoms with Gasteiger partial charge in [-0.25, -0.2) is 0 Å². The van der Waals surface area contributed by atoms with Gasteiger partial charge in [-0.2, -0.15) is 4.39 Å². The van der Waals surface area contributed by atoms with Crippen molar-refractivity contribution < 1.29 is 23.8 Å². The summed E-state index contributed by atoms with van der Waals surface area (Å²) in [5.41, 5.74) is -0.692. The molecule has 0 saturated heterocycles. The molecule has 0 unspecified atom stereocenters. The van der Waals surface area contributed by atoms with Crippen LogP contribution in [0.15, 0.2) is 42.5 Å². The van der Waals surface area contributed by atoms with Crippen molar-refractivity contribution in [2.24, 2.45) is 0 Å². The molecule has 24 heavy (non-hydrogen) atoms. The molecule has 0 spiro atoms. The summed E-state index contributed by atoms with van der Waals surface area (Å²) < 4.78 is 18.4. The van der Waals surface area contributed by atoms with E-state index < -0.39 is 33.9 Å². The Balaban J connectivity index is 1.96. The van der Waals surface area contributed by atoms with Crippen molar-refractivity contribution >= 4 is 23.0 Å². The van der Waals surface area contributed by atoms with Gasteiger partial charge in [0.25, 0.3) is 11.6 Å². The number of nitrogens with one attached hydrogen (secondary N) is 1. The molecule has 0 bridgehead atoms. The van der Waals surface area contributed by atoms with Crippen LogP contribution in [-0.4, -0.2) is 22.4 Å². The number of carbonyl (C=O) groups is 1. The van der Waals surface area contributed by atoms with E-state index in [1.54, 1.807) is 0 Å². The summed E-state index contributed by atoms with van der Waals surface area (Å²) in [5.74, 6) is -1.78. The van der Waals surface area contributed by atoms with Gasteiger partial charge < -0.3 is 10.1 Å². The third-order valence-electron chi connectivity index (χ3n) is 2.83. The van der Waals surface area contributed by atoms with E-state index in [0.717, 1.165) is 18.2 Å². The Morgan fingerprint density at radius 2 is 1.88 bits per heavy atom. The molecule has 1 amide bonds. The zero-order valence-corrected chi connectivity index (χ0v) is 12.0. The molecule has 0 atom stereocenters. The topological polar surface area (TPSA) is 125 Å². The van der Waals surface area contributed by atoms with Crippen molar-refractivity contribution in [2.45, 2.75) is 0 Å². The van der Waals surface area contributed by atoms with Crippen LogP contribution in [0.5, 0.6) is 5.75 Å². The standard InChI is InChI=1S/C14H10FN3O6/c15-12-7-11(4-5-13(12)18(22)23)24-8-14(19)16-9-2-1-3-10(6-9)17(20)21/h1-7H,8H2,(H,16,19). The lowest BCUT2D eigenvalue weighted by Gasteiger charge is -2.07. The second-order valence-corrected chi connectivity index (χ2v) is 4.51. The number of nitrogens with zero attached hydrogens (tertiary/aromatic N) is 2. The third kappa shape index (κ3) is 4.22. The van der Waals surface area contributed by atoms with Crippen LogP contribution in [-0.2, 0) is 4.79 Å². The highest BCUT2D eigenvalue weighted by atomic mass is 19.1. The molecule has 0 aliphatic rings. The molecule has 0 aliphatic carbocycles. The number of rotatable bonds is 6. The van der Waals surface area contributed by atoms with Gasteiger partial charge in [0.05, 0.1) is 9.85 Å². The number of hydrogen-bond acceptors (Lipinski definition) is 6. The minimum absolute atomic E-state index is 0.0627. The molecule has 10 heteroatoms. The third-order valence-corrected chi connectivity index (χ3v) is 2.83. The number of nitro groups is 2. The van der Waals surface area contributed by atoms with Crippen molar-refractivity contribution in [3.05, 3.63) is 68.5 Å². The molecule has 2 aromatic rings. The first-order chi connectivity index (χ1) is 11.4. The molecule has 9 nitrogen and oxygen atoms in total. The Hall–Kier alpha value is -3.56. The van der Waals surface area contributed by atoms with Gasteiger partial charge in [-0.15, -0.1) is 0 Å². The summed E-state index contributed by atoms with van der Waals surface area (Å²) in [6.45, 7) is -0.500. The minimum Gasteiger partial charge on any atom is -0.484 e. The zero-order valence-electron chi connectivity index (χ0n) is 12.0. The summed E-state index contributed by atoms with van der Waals surface area (Å²) in [5, 5.41) is 23.5. The monoisotopic (exact) mass is 335 g/mol. The van der Waals surface area contributed by atoms with Crippen LogP contribution in [0.3, 0.4) is 0 Å². The van der Waals surface area contributed by atoms with E-state index in [4.69, 9.17) is 4.74 Å². The normalized spacial score (nSPS) is 10.0. The number of nitro benzene ring substituents is 2. The van der Waals surface area contributed by atoms with Gasteiger partial charge in [-0.1, -0.05) is 6.07 Å². The number of non-ortho nitro benzene ring substituents is 1. The summed E-state index contributed by atoms with van der Waals surface area (Å²) in [6, 6.07) is 8.16. The van der Waals surface area contributed by atoms with E-state index in [0.29, 0.717) is 0 Å². The van der Waals surface area contributed by atoms with Gasteiger partial charge in [0, 0.05) is 30.0 Å². The molecule has 1 N–H and O–H groups in total. The molecule has 0 heterocycles. The van der Waals surface area contributed by atoms with Crippen LogP contribution in [0.2, 0.25) is 0 Å². The Bertz CT molecular complexity index is 811. The SMILES string of the molecule is O=C(COc1ccc([N+](=O)[O-])c(F)c1)Nc1cccc([N+](=O)[O-])c1. The van der Waals surface area contributed by atoms with E-state index in [-0.39, 0.29) is 17.1 Å². The molecule has 0 radical (unpaired) electrons. The van der Waals surface area contributed by atoms with Crippen LogP contribution in [0, 0.1) is 26.0 Å². The summed E-state index contributed by atoms with van der Waals surface area (Å²) >= 11 is 0. The highest BCUT2D eigenvalue weighted by molar-refractivity contribution is 5.92. The van der Waals surface area contributed by atoms with Crippen molar-refractivity contribution in [2.75, 3.05) is 11.9 Å². The van der Waals surface area contributed by atoms with Crippen LogP contribution in [0.1, 0.15) is 0 Å². The Morgan fingerprint density at radius 1 is 1.12 bits per heavy atom. The number of amides is 1. The maximum Gasteiger partial charge on any atom is 0.305 e. The summed E-state index contributed by atoms with van der Waals surface area (Å²) in [4.78, 5) is 31.4. The number of anilines is 1. The molecule has 0 saturated carbocycles. The molecule has 0 aromatic heterocycles. The van der Waals surface area contributed by atoms with Crippen LogP contribution >= 0.6 is 0 Å². The number of carbonyl (C=O) groups excluding carboxylic acids is 1. The summed E-state index contributed by atoms with van der Waals surface area (Å²) in [6.07, 6.45) is 0. The second kappa shape index (κ2) is 7.13. The minimum atomic E-state index is -1.09. The first-order valence-corrected chi connectivity index (χ1v) is 6.48. The van der Waals surface area contributed by atoms with Crippen molar-refractivity contribution in [3.63, 3.8) is 0 Å². The lowest BCUT2D eigenvalue weighted by atomic mass is 10.3. The Labute approximate surface area is 134 Å². The fourth-order valence-corrected chi connectivity index (χ4v) is 1.77. The molecular weight excluding hydrogens is 325 g/mol. The van der Waals surface area contributed by atoms with Crippen molar-refractivity contribution in [1.82, 2.24) is 0 Å². The lowest BCUT2D eigenvalue weighted by Crippen LogP contribution is -2.20. The number of hydrogen-bond donors (Lipinski definition) is 1. The largest absolute Gasteiger partial charge is 0.484 e. The van der Waals surface area contributed by atoms with Gasteiger partial charge in [0.1, 0.15) is 5.75 Å². The van der Waals surface area contributed by atoms with Gasteiger partial charge in [-0.3, -0.25) is 25.0 Å². The fourth-order valence-electron chi connectivity index (χ4n) is 1.77. The average Bonchev–Trinajstić information content (AvgIpc) is 2.53. The van der Waals surface area contributed by atoms with Crippen molar-refractivity contribution in [1.29, 1.82) is 0 Å². The zero-order chi connectivity index (χ0) is 17.7. The maximum atomic E-state index is 13.4. The van der Waals surface area contributed by atoms with E-state index >= 15 is 0 Å². The molecule has 124 valence electrons. The van der Waals surface area contributed by atoms with E-state index in [9.17, 15) is 29.4 Å². The van der Waals surface area contributed by atoms with Gasteiger partial charge in [0.15, 0.2) is 6.61 Å². The highest BCUT2D eigenvalue weighted by Crippen LogP contribution is 2.22. The van der Waals surface area contributed by atoms with Gasteiger partial charge in [-0.05, 0) is 12.1 Å². The Morgan fingerprint density at radius 3 is 2.50 bits per heavy atom. The summed E-state index contributed by atoms with van der Waals surface area (Å²) in [7, 11) is 0. The fraction of sp³-hybridized carbons (Fsp3) is 0.0714. The predicted octanol–water partition coefficient (Wildman–Crippen LogP) is 2.66. The van der Waals surface area contributed by atoms with E-state index in [1.807, 2.05) is 0 Å². The lowest BCUT2D eigenvalue weighted by molar-refractivity contribution is -0.387. The first kappa shape index (κ1) is 16.8. The second-order valence-electron chi connectivity index (χ2n) is 4.51. The molecule has 0 fully saturated rings. The first-order valence-electron chi connectivity index (χ1n) is 6.48. The molecule has 0 aliphatic heterocycles. The smallest absolute Gasteiger partial charge is 0.305 e. The Kier molecular flexibility index (Phi) is 5.00. The number of ether oxygens (including phenoxy) is 1.